The van der Waals surface area contributed by atoms with Gasteiger partial charge in [0.15, 0.2) is 5.82 Å². The number of hydrogen-bond donors (Lipinski definition) is 0. The molecule has 0 saturated carbocycles. The first-order valence-electron chi connectivity index (χ1n) is 8.71. The second-order valence-corrected chi connectivity index (χ2v) is 6.47. The van der Waals surface area contributed by atoms with Gasteiger partial charge in [0.05, 0.1) is 26.3 Å². The number of likely N-dealkylation sites (tertiary alicyclic amines) is 1. The maximum Gasteiger partial charge on any atom is 0.257 e. The molecule has 0 N–H and O–H groups in total. The van der Waals surface area contributed by atoms with Crippen molar-refractivity contribution in [1.82, 2.24) is 15.1 Å². The van der Waals surface area contributed by atoms with Gasteiger partial charge in [-0.1, -0.05) is 0 Å². The van der Waals surface area contributed by atoms with Gasteiger partial charge in [-0.05, 0) is 18.2 Å². The zero-order valence-corrected chi connectivity index (χ0v) is 16.0. The number of anilines is 1. The highest BCUT2D eigenvalue weighted by Crippen LogP contribution is 2.27. The summed E-state index contributed by atoms with van der Waals surface area (Å²) in [5.41, 5.74) is 0.508. The molecule has 3 rings (SSSR count). The average Bonchev–Trinajstić information content (AvgIpc) is 3.15. The SMILES string of the molecule is COc1ccc(C(=O)N2CCC(Oc3ccc(N(C)C)nn3)C2)c(OC)c1. The molecular weight excluding hydrogens is 348 g/mol. The van der Waals surface area contributed by atoms with Gasteiger partial charge in [-0.25, -0.2) is 0 Å². The van der Waals surface area contributed by atoms with Gasteiger partial charge in [0.2, 0.25) is 5.88 Å². The van der Waals surface area contributed by atoms with Crippen LogP contribution in [0.3, 0.4) is 0 Å². The third-order valence-electron chi connectivity index (χ3n) is 4.44. The number of carbonyl (C=O) groups is 1. The van der Waals surface area contributed by atoms with Crippen LogP contribution < -0.4 is 19.1 Å². The molecule has 8 nitrogen and oxygen atoms in total. The van der Waals surface area contributed by atoms with Gasteiger partial charge in [0.25, 0.3) is 5.91 Å². The van der Waals surface area contributed by atoms with Crippen molar-refractivity contribution in [3.8, 4) is 17.4 Å². The fourth-order valence-corrected chi connectivity index (χ4v) is 2.94. The van der Waals surface area contributed by atoms with Gasteiger partial charge >= 0.3 is 0 Å². The number of ether oxygens (including phenoxy) is 3. The molecule has 1 atom stereocenters. The van der Waals surface area contributed by atoms with Crippen molar-refractivity contribution >= 4 is 11.7 Å². The quantitative estimate of drug-likeness (QED) is 0.766. The highest BCUT2D eigenvalue weighted by atomic mass is 16.5. The highest BCUT2D eigenvalue weighted by molar-refractivity contribution is 5.97. The molecular formula is C19H24N4O4. The lowest BCUT2D eigenvalue weighted by Gasteiger charge is -2.19. The van der Waals surface area contributed by atoms with Crippen LogP contribution in [0, 0.1) is 0 Å². The first-order chi connectivity index (χ1) is 13.0. The van der Waals surface area contributed by atoms with Crippen molar-refractivity contribution in [1.29, 1.82) is 0 Å². The Morgan fingerprint density at radius 2 is 1.96 bits per heavy atom. The standard InChI is InChI=1S/C19H24N4O4/c1-22(2)17-7-8-18(21-20-17)27-14-9-10-23(12-14)19(24)15-6-5-13(25-3)11-16(15)26-4/h5-8,11,14H,9-10,12H2,1-4H3. The van der Waals surface area contributed by atoms with Crippen LogP contribution >= 0.6 is 0 Å². The van der Waals surface area contributed by atoms with Gasteiger partial charge in [-0.3, -0.25) is 4.79 Å². The molecule has 0 bridgehead atoms. The second-order valence-electron chi connectivity index (χ2n) is 6.47. The van der Waals surface area contributed by atoms with Gasteiger partial charge in [-0.2, -0.15) is 0 Å². The Bertz CT molecular complexity index is 795. The van der Waals surface area contributed by atoms with Crippen LogP contribution in [0.25, 0.3) is 0 Å². The molecule has 0 aliphatic carbocycles. The first kappa shape index (κ1) is 18.8. The maximum absolute atomic E-state index is 12.9. The molecule has 1 unspecified atom stereocenters. The largest absolute Gasteiger partial charge is 0.497 e. The minimum absolute atomic E-state index is 0.0883. The fourth-order valence-electron chi connectivity index (χ4n) is 2.94. The molecule has 0 radical (unpaired) electrons. The molecule has 1 saturated heterocycles. The van der Waals surface area contributed by atoms with E-state index in [1.54, 1.807) is 36.3 Å². The van der Waals surface area contributed by atoms with E-state index in [1.807, 2.05) is 25.1 Å². The van der Waals surface area contributed by atoms with Crippen molar-refractivity contribution in [2.75, 3.05) is 46.3 Å². The van der Waals surface area contributed by atoms with Gasteiger partial charge in [0, 0.05) is 39.2 Å². The molecule has 1 aromatic heterocycles. The van der Waals surface area contributed by atoms with Crippen LogP contribution in [0.4, 0.5) is 5.82 Å². The lowest BCUT2D eigenvalue weighted by Crippen LogP contribution is -2.31. The molecule has 0 spiro atoms. The fraction of sp³-hybridized carbons (Fsp3) is 0.421. The van der Waals surface area contributed by atoms with Crippen LogP contribution in [0.1, 0.15) is 16.8 Å². The van der Waals surface area contributed by atoms with Gasteiger partial charge < -0.3 is 24.0 Å². The van der Waals surface area contributed by atoms with Gasteiger partial charge in [0.1, 0.15) is 17.6 Å². The number of amides is 1. The van der Waals surface area contributed by atoms with E-state index in [9.17, 15) is 4.79 Å². The Morgan fingerprint density at radius 3 is 2.59 bits per heavy atom. The summed E-state index contributed by atoms with van der Waals surface area (Å²) in [6, 6.07) is 8.82. The first-order valence-corrected chi connectivity index (χ1v) is 8.71. The van der Waals surface area contributed by atoms with E-state index in [1.165, 1.54) is 7.11 Å². The number of methoxy groups -OCH3 is 2. The molecule has 1 aliphatic rings. The Morgan fingerprint density at radius 1 is 1.15 bits per heavy atom. The zero-order chi connectivity index (χ0) is 19.4. The smallest absolute Gasteiger partial charge is 0.257 e. The zero-order valence-electron chi connectivity index (χ0n) is 16.0. The second kappa shape index (κ2) is 8.11. The number of hydrogen-bond acceptors (Lipinski definition) is 7. The molecule has 1 fully saturated rings. The summed E-state index contributed by atoms with van der Waals surface area (Å²) in [6.45, 7) is 1.10. The van der Waals surface area contributed by atoms with Crippen LogP contribution in [0.5, 0.6) is 17.4 Å². The van der Waals surface area contributed by atoms with E-state index in [0.29, 0.717) is 36.0 Å². The molecule has 2 heterocycles. The van der Waals surface area contributed by atoms with E-state index in [4.69, 9.17) is 14.2 Å². The van der Waals surface area contributed by atoms with Crippen molar-refractivity contribution < 1.29 is 19.0 Å². The lowest BCUT2D eigenvalue weighted by molar-refractivity contribution is 0.0767. The highest BCUT2D eigenvalue weighted by Gasteiger charge is 2.30. The third-order valence-corrected chi connectivity index (χ3v) is 4.44. The summed E-state index contributed by atoms with van der Waals surface area (Å²) in [6.07, 6.45) is 0.624. The van der Waals surface area contributed by atoms with E-state index >= 15 is 0 Å². The van der Waals surface area contributed by atoms with Crippen molar-refractivity contribution in [2.24, 2.45) is 0 Å². The Kier molecular flexibility index (Phi) is 5.63. The molecule has 1 amide bonds. The molecule has 8 heteroatoms. The molecule has 2 aromatic rings. The minimum Gasteiger partial charge on any atom is -0.497 e. The van der Waals surface area contributed by atoms with E-state index in [2.05, 4.69) is 10.2 Å². The maximum atomic E-state index is 12.9. The van der Waals surface area contributed by atoms with Crippen LogP contribution in [-0.4, -0.2) is 68.5 Å². The molecule has 27 heavy (non-hydrogen) atoms. The van der Waals surface area contributed by atoms with Crippen LogP contribution in [-0.2, 0) is 0 Å². The number of aromatic nitrogens is 2. The predicted octanol–water partition coefficient (Wildman–Crippen LogP) is 1.85. The predicted molar refractivity (Wildman–Crippen MR) is 101 cm³/mol. The molecule has 1 aromatic carbocycles. The number of benzene rings is 1. The number of carbonyl (C=O) groups excluding carboxylic acids is 1. The van der Waals surface area contributed by atoms with Gasteiger partial charge in [-0.15, -0.1) is 10.2 Å². The van der Waals surface area contributed by atoms with Crippen molar-refractivity contribution in [3.05, 3.63) is 35.9 Å². The Hall–Kier alpha value is -3.03. The molecule has 1 aliphatic heterocycles. The summed E-state index contributed by atoms with van der Waals surface area (Å²) in [4.78, 5) is 16.5. The lowest BCUT2D eigenvalue weighted by atomic mass is 10.1. The topological polar surface area (TPSA) is 77.0 Å². The van der Waals surface area contributed by atoms with Crippen LogP contribution in [0.2, 0.25) is 0 Å². The number of rotatable bonds is 6. The Labute approximate surface area is 158 Å². The van der Waals surface area contributed by atoms with E-state index in [0.717, 1.165) is 12.2 Å². The normalized spacial score (nSPS) is 16.1. The summed E-state index contributed by atoms with van der Waals surface area (Å²) in [5, 5.41) is 8.19. The summed E-state index contributed by atoms with van der Waals surface area (Å²) < 4.78 is 16.4. The number of nitrogens with zero attached hydrogens (tertiary/aromatic N) is 4. The third kappa shape index (κ3) is 4.21. The average molecular weight is 372 g/mol. The van der Waals surface area contributed by atoms with E-state index in [-0.39, 0.29) is 12.0 Å². The van der Waals surface area contributed by atoms with Crippen LogP contribution in [0.15, 0.2) is 30.3 Å². The Balaban J connectivity index is 1.64. The summed E-state index contributed by atoms with van der Waals surface area (Å²) >= 11 is 0. The van der Waals surface area contributed by atoms with E-state index < -0.39 is 0 Å². The summed E-state index contributed by atoms with van der Waals surface area (Å²) in [5.74, 6) is 2.27. The molecule has 144 valence electrons. The summed E-state index contributed by atoms with van der Waals surface area (Å²) in [7, 11) is 6.92. The van der Waals surface area contributed by atoms with Crippen molar-refractivity contribution in [3.63, 3.8) is 0 Å². The van der Waals surface area contributed by atoms with Crippen molar-refractivity contribution in [2.45, 2.75) is 12.5 Å². The monoisotopic (exact) mass is 372 g/mol. The minimum atomic E-state index is -0.113.